The molecule has 0 aliphatic carbocycles. The molecule has 0 N–H and O–H groups in total. The maximum absolute atomic E-state index is 4.33. The largest absolute Gasteiger partial charge is 0.255 e. The Morgan fingerprint density at radius 2 is 2.00 bits per heavy atom. The van der Waals surface area contributed by atoms with Crippen LogP contribution >= 0.6 is 38.5 Å². The SMILES string of the molecule is Cc1cc(-c2ccc(Br)cn2)cnc1I. The fourth-order valence-corrected chi connectivity index (χ4v) is 1.77. The third-order valence-electron chi connectivity index (χ3n) is 2.04. The van der Waals surface area contributed by atoms with E-state index in [1.807, 2.05) is 18.3 Å². The quantitative estimate of drug-likeness (QED) is 0.560. The van der Waals surface area contributed by atoms with E-state index in [2.05, 4.69) is 61.5 Å². The van der Waals surface area contributed by atoms with E-state index in [1.54, 1.807) is 6.20 Å². The third kappa shape index (κ3) is 2.55. The van der Waals surface area contributed by atoms with E-state index in [4.69, 9.17) is 0 Å². The highest BCUT2D eigenvalue weighted by atomic mass is 127. The Kier molecular flexibility index (Phi) is 3.35. The zero-order valence-electron chi connectivity index (χ0n) is 8.04. The van der Waals surface area contributed by atoms with E-state index in [9.17, 15) is 0 Å². The van der Waals surface area contributed by atoms with Gasteiger partial charge in [0.1, 0.15) is 3.70 Å². The van der Waals surface area contributed by atoms with Gasteiger partial charge in [-0.2, -0.15) is 0 Å². The second kappa shape index (κ2) is 4.57. The molecule has 2 nitrogen and oxygen atoms in total. The van der Waals surface area contributed by atoms with Gasteiger partial charge in [0.2, 0.25) is 0 Å². The second-order valence-corrected chi connectivity index (χ2v) is 5.13. The van der Waals surface area contributed by atoms with Crippen molar-refractivity contribution in [3.63, 3.8) is 0 Å². The van der Waals surface area contributed by atoms with Gasteiger partial charge >= 0.3 is 0 Å². The molecule has 2 aromatic heterocycles. The third-order valence-corrected chi connectivity index (χ3v) is 3.64. The predicted molar refractivity (Wildman–Crippen MR) is 72.6 cm³/mol. The summed E-state index contributed by atoms with van der Waals surface area (Å²) in [6.45, 7) is 2.05. The van der Waals surface area contributed by atoms with Gasteiger partial charge in [-0.1, -0.05) is 0 Å². The number of pyridine rings is 2. The molecule has 0 radical (unpaired) electrons. The molecule has 2 rings (SSSR count). The van der Waals surface area contributed by atoms with E-state index in [1.165, 1.54) is 5.56 Å². The lowest BCUT2D eigenvalue weighted by Crippen LogP contribution is -1.89. The van der Waals surface area contributed by atoms with Gasteiger partial charge in [0.05, 0.1) is 5.69 Å². The van der Waals surface area contributed by atoms with Gasteiger partial charge in [-0.05, 0) is 69.2 Å². The van der Waals surface area contributed by atoms with Crippen molar-refractivity contribution in [1.82, 2.24) is 9.97 Å². The van der Waals surface area contributed by atoms with Crippen molar-refractivity contribution in [2.75, 3.05) is 0 Å². The summed E-state index contributed by atoms with van der Waals surface area (Å²) in [7, 11) is 0. The molecule has 76 valence electrons. The van der Waals surface area contributed by atoms with Crippen molar-refractivity contribution >= 4 is 38.5 Å². The van der Waals surface area contributed by atoms with Crippen molar-refractivity contribution in [2.24, 2.45) is 0 Å². The molecule has 0 bridgehead atoms. The van der Waals surface area contributed by atoms with Gasteiger partial charge in [0.15, 0.2) is 0 Å². The van der Waals surface area contributed by atoms with E-state index < -0.39 is 0 Å². The van der Waals surface area contributed by atoms with Crippen LogP contribution in [0.15, 0.2) is 35.1 Å². The number of halogens is 2. The lowest BCUT2D eigenvalue weighted by Gasteiger charge is -2.03. The van der Waals surface area contributed by atoms with Crippen LogP contribution in [0.4, 0.5) is 0 Å². The summed E-state index contributed by atoms with van der Waals surface area (Å²) in [5.41, 5.74) is 3.18. The Bertz CT molecular complexity index is 482. The van der Waals surface area contributed by atoms with Crippen LogP contribution in [0.2, 0.25) is 0 Å². The molecular formula is C11H8BrIN2. The van der Waals surface area contributed by atoms with Crippen molar-refractivity contribution in [1.29, 1.82) is 0 Å². The molecule has 0 atom stereocenters. The maximum Gasteiger partial charge on any atom is 0.104 e. The Labute approximate surface area is 110 Å². The van der Waals surface area contributed by atoms with Gasteiger partial charge in [-0.15, -0.1) is 0 Å². The van der Waals surface area contributed by atoms with Crippen LogP contribution in [0, 0.1) is 10.6 Å². The van der Waals surface area contributed by atoms with Crippen LogP contribution < -0.4 is 0 Å². The van der Waals surface area contributed by atoms with Gasteiger partial charge in [0.25, 0.3) is 0 Å². The molecular weight excluding hydrogens is 367 g/mol. The van der Waals surface area contributed by atoms with Crippen molar-refractivity contribution in [3.05, 3.63) is 44.3 Å². The van der Waals surface area contributed by atoms with Crippen molar-refractivity contribution in [3.8, 4) is 11.3 Å². The first-order valence-corrected chi connectivity index (χ1v) is 6.28. The summed E-state index contributed by atoms with van der Waals surface area (Å²) in [5.74, 6) is 0. The predicted octanol–water partition coefficient (Wildman–Crippen LogP) is 3.82. The number of aryl methyl sites for hydroxylation is 1. The van der Waals surface area contributed by atoms with Crippen LogP contribution in [-0.4, -0.2) is 9.97 Å². The molecule has 0 unspecified atom stereocenters. The first-order valence-electron chi connectivity index (χ1n) is 4.41. The van der Waals surface area contributed by atoms with Gasteiger partial charge < -0.3 is 0 Å². The highest BCUT2D eigenvalue weighted by Crippen LogP contribution is 2.20. The van der Waals surface area contributed by atoms with Gasteiger partial charge in [0, 0.05) is 22.4 Å². The fourth-order valence-electron chi connectivity index (χ4n) is 1.24. The molecule has 0 fully saturated rings. The summed E-state index contributed by atoms with van der Waals surface area (Å²) < 4.78 is 2.02. The molecule has 2 aromatic rings. The number of aromatic nitrogens is 2. The molecule has 0 saturated heterocycles. The molecule has 15 heavy (non-hydrogen) atoms. The van der Waals surface area contributed by atoms with Crippen molar-refractivity contribution < 1.29 is 0 Å². The van der Waals surface area contributed by atoms with Gasteiger partial charge in [-0.25, -0.2) is 4.98 Å². The van der Waals surface area contributed by atoms with Crippen LogP contribution in [0.3, 0.4) is 0 Å². The molecule has 0 aliphatic rings. The zero-order chi connectivity index (χ0) is 10.8. The lowest BCUT2D eigenvalue weighted by molar-refractivity contribution is 1.20. The van der Waals surface area contributed by atoms with Crippen LogP contribution in [-0.2, 0) is 0 Å². The zero-order valence-corrected chi connectivity index (χ0v) is 11.8. The Morgan fingerprint density at radius 3 is 2.60 bits per heavy atom. The van der Waals surface area contributed by atoms with Crippen LogP contribution in [0.1, 0.15) is 5.56 Å². The van der Waals surface area contributed by atoms with E-state index in [0.717, 1.165) is 19.4 Å². The minimum absolute atomic E-state index is 0.949. The molecule has 0 aromatic carbocycles. The molecule has 0 saturated carbocycles. The van der Waals surface area contributed by atoms with Crippen LogP contribution in [0.5, 0.6) is 0 Å². The smallest absolute Gasteiger partial charge is 0.104 e. The van der Waals surface area contributed by atoms with Crippen molar-refractivity contribution in [2.45, 2.75) is 6.92 Å². The number of hydrogen-bond donors (Lipinski definition) is 0. The number of nitrogens with zero attached hydrogens (tertiary/aromatic N) is 2. The topological polar surface area (TPSA) is 25.8 Å². The highest BCUT2D eigenvalue weighted by Gasteiger charge is 2.02. The summed E-state index contributed by atoms with van der Waals surface area (Å²) in [6, 6.07) is 6.06. The molecule has 0 aliphatic heterocycles. The minimum atomic E-state index is 0.949. The fraction of sp³-hybridized carbons (Fsp3) is 0.0909. The average Bonchev–Trinajstić information content (AvgIpc) is 2.23. The first kappa shape index (κ1) is 11.0. The average molecular weight is 375 g/mol. The monoisotopic (exact) mass is 374 g/mol. The summed E-state index contributed by atoms with van der Waals surface area (Å²) in [5, 5.41) is 0. The summed E-state index contributed by atoms with van der Waals surface area (Å²) >= 11 is 5.59. The number of hydrogen-bond acceptors (Lipinski definition) is 2. The second-order valence-electron chi connectivity index (χ2n) is 3.19. The maximum atomic E-state index is 4.33. The molecule has 2 heterocycles. The van der Waals surface area contributed by atoms with Crippen LogP contribution in [0.25, 0.3) is 11.3 Å². The van der Waals surface area contributed by atoms with E-state index in [-0.39, 0.29) is 0 Å². The minimum Gasteiger partial charge on any atom is -0.255 e. The highest BCUT2D eigenvalue weighted by molar-refractivity contribution is 14.1. The summed E-state index contributed by atoms with van der Waals surface area (Å²) in [4.78, 5) is 8.64. The Hall–Kier alpha value is -0.490. The first-order chi connectivity index (χ1) is 7.16. The van der Waals surface area contributed by atoms with E-state index in [0.29, 0.717) is 0 Å². The van der Waals surface area contributed by atoms with Gasteiger partial charge in [-0.3, -0.25) is 4.98 Å². The Balaban J connectivity index is 2.45. The standard InChI is InChI=1S/C11H8BrIN2/c1-7-4-8(5-15-11(7)13)10-3-2-9(12)6-14-10/h2-6H,1H3. The molecule has 0 spiro atoms. The lowest BCUT2D eigenvalue weighted by atomic mass is 10.1. The molecule has 4 heteroatoms. The summed E-state index contributed by atoms with van der Waals surface area (Å²) in [6.07, 6.45) is 3.65. The Morgan fingerprint density at radius 1 is 1.20 bits per heavy atom. The molecule has 0 amide bonds. The number of rotatable bonds is 1. The normalized spacial score (nSPS) is 10.3. The van der Waals surface area contributed by atoms with E-state index >= 15 is 0 Å².